The van der Waals surface area contributed by atoms with E-state index in [2.05, 4.69) is 22.4 Å². The molecule has 2 aromatic carbocycles. The van der Waals surface area contributed by atoms with E-state index in [1.165, 1.54) is 16.6 Å². The van der Waals surface area contributed by atoms with Crippen molar-refractivity contribution < 1.29 is 9.59 Å². The van der Waals surface area contributed by atoms with Gasteiger partial charge < -0.3 is 15.2 Å². The minimum Gasteiger partial charge on any atom is -0.358 e. The van der Waals surface area contributed by atoms with Gasteiger partial charge in [-0.2, -0.15) is 0 Å². The third-order valence-electron chi connectivity index (χ3n) is 5.69. The largest absolute Gasteiger partial charge is 0.358 e. The van der Waals surface area contributed by atoms with Gasteiger partial charge in [-0.25, -0.2) is 0 Å². The van der Waals surface area contributed by atoms with Crippen molar-refractivity contribution in [3.05, 3.63) is 70.9 Å². The summed E-state index contributed by atoms with van der Waals surface area (Å²) in [6.07, 6.45) is 0.798. The molecule has 2 amide bonds. The molecule has 0 bridgehead atoms. The van der Waals surface area contributed by atoms with Crippen molar-refractivity contribution in [3.8, 4) is 0 Å². The predicted molar refractivity (Wildman–Crippen MR) is 115 cm³/mol. The number of H-pyrrole nitrogens is 1. The van der Waals surface area contributed by atoms with Crippen LogP contribution in [0.5, 0.6) is 0 Å². The molecular weight excluding hydrogens is 362 g/mol. The third-order valence-corrected chi connectivity index (χ3v) is 5.69. The van der Waals surface area contributed by atoms with Crippen LogP contribution in [0.25, 0.3) is 10.9 Å². The maximum atomic E-state index is 13.3. The average Bonchev–Trinajstić information content (AvgIpc) is 3.09. The van der Waals surface area contributed by atoms with Gasteiger partial charge >= 0.3 is 0 Å². The van der Waals surface area contributed by atoms with Gasteiger partial charge in [-0.15, -0.1) is 0 Å². The van der Waals surface area contributed by atoms with E-state index in [9.17, 15) is 9.59 Å². The Hall–Kier alpha value is -3.08. The molecule has 4 rings (SSSR count). The number of hydrogen-bond acceptors (Lipinski definition) is 2. The summed E-state index contributed by atoms with van der Waals surface area (Å²) in [6.45, 7) is 7.12. The van der Waals surface area contributed by atoms with E-state index in [1.807, 2.05) is 56.0 Å². The Kier molecular flexibility index (Phi) is 5.14. The zero-order valence-corrected chi connectivity index (χ0v) is 17.2. The predicted octanol–water partition coefficient (Wildman–Crippen LogP) is 3.82. The van der Waals surface area contributed by atoms with Crippen LogP contribution < -0.4 is 5.32 Å². The number of fused-ring (bicyclic) bond motifs is 3. The Morgan fingerprint density at radius 1 is 1.10 bits per heavy atom. The molecule has 0 aliphatic carbocycles. The number of aromatic amines is 1. The maximum absolute atomic E-state index is 13.3. The normalized spacial score (nSPS) is 14.7. The fourth-order valence-corrected chi connectivity index (χ4v) is 4.08. The van der Waals surface area contributed by atoms with E-state index in [1.54, 1.807) is 6.07 Å². The summed E-state index contributed by atoms with van der Waals surface area (Å²) < 4.78 is 0. The standard InChI is InChI=1S/C24H27N3O2/c1-15(2)22(26-23(28)17-8-6-7-16(3)13-17)24(29)27-12-11-21-19(14-27)18-9-4-5-10-20(18)25-21/h4-10,13,15,22,25H,11-12,14H2,1-3H3,(H,26,28). The van der Waals surface area contributed by atoms with E-state index >= 15 is 0 Å². The van der Waals surface area contributed by atoms with Crippen LogP contribution >= 0.6 is 0 Å². The zero-order chi connectivity index (χ0) is 20.5. The molecule has 0 spiro atoms. The summed E-state index contributed by atoms with van der Waals surface area (Å²) in [5.41, 5.74) is 5.11. The Bertz CT molecular complexity index is 1070. The van der Waals surface area contributed by atoms with Gasteiger partial charge in [-0.05, 0) is 31.0 Å². The van der Waals surface area contributed by atoms with Gasteiger partial charge in [0.2, 0.25) is 5.91 Å². The molecule has 0 saturated heterocycles. The molecule has 29 heavy (non-hydrogen) atoms. The van der Waals surface area contributed by atoms with Crippen molar-refractivity contribution >= 4 is 22.7 Å². The first-order chi connectivity index (χ1) is 13.9. The molecule has 1 unspecified atom stereocenters. The van der Waals surface area contributed by atoms with Crippen LogP contribution in [0.4, 0.5) is 0 Å². The van der Waals surface area contributed by atoms with Crippen molar-refractivity contribution in [2.75, 3.05) is 6.54 Å². The Morgan fingerprint density at radius 2 is 1.90 bits per heavy atom. The van der Waals surface area contributed by atoms with Crippen LogP contribution in [0.15, 0.2) is 48.5 Å². The second-order valence-electron chi connectivity index (χ2n) is 8.20. The SMILES string of the molecule is Cc1cccc(C(=O)NC(C(=O)N2CCc3[nH]c4ccccc4c3C2)C(C)C)c1. The molecule has 0 saturated carbocycles. The molecule has 2 N–H and O–H groups in total. The Labute approximate surface area is 171 Å². The van der Waals surface area contributed by atoms with Gasteiger partial charge in [-0.1, -0.05) is 49.7 Å². The number of aromatic nitrogens is 1. The maximum Gasteiger partial charge on any atom is 0.251 e. The lowest BCUT2D eigenvalue weighted by Crippen LogP contribution is -2.52. The quantitative estimate of drug-likeness (QED) is 0.713. The first kappa shape index (κ1) is 19.2. The van der Waals surface area contributed by atoms with Crippen LogP contribution in [0, 0.1) is 12.8 Å². The van der Waals surface area contributed by atoms with Gasteiger partial charge in [0.15, 0.2) is 0 Å². The minimum absolute atomic E-state index is 0.000579. The van der Waals surface area contributed by atoms with Crippen molar-refractivity contribution in [3.63, 3.8) is 0 Å². The van der Waals surface area contributed by atoms with Crippen LogP contribution in [0.1, 0.15) is 41.0 Å². The van der Waals surface area contributed by atoms with Crippen LogP contribution in [-0.4, -0.2) is 34.3 Å². The highest BCUT2D eigenvalue weighted by molar-refractivity contribution is 5.98. The first-order valence-electron chi connectivity index (χ1n) is 10.2. The molecule has 1 atom stereocenters. The number of nitrogens with one attached hydrogen (secondary N) is 2. The second kappa shape index (κ2) is 7.74. The highest BCUT2D eigenvalue weighted by atomic mass is 16.2. The number of carbonyl (C=O) groups is 2. The Balaban J connectivity index is 1.54. The number of carbonyl (C=O) groups excluding carboxylic acids is 2. The van der Waals surface area contributed by atoms with Gasteiger partial charge in [-0.3, -0.25) is 9.59 Å². The summed E-state index contributed by atoms with van der Waals surface area (Å²) in [7, 11) is 0. The zero-order valence-electron chi connectivity index (χ0n) is 17.2. The van der Waals surface area contributed by atoms with Crippen molar-refractivity contribution in [2.45, 2.75) is 39.8 Å². The fraction of sp³-hybridized carbons (Fsp3) is 0.333. The monoisotopic (exact) mass is 389 g/mol. The first-order valence-corrected chi connectivity index (χ1v) is 10.2. The number of amides is 2. The third kappa shape index (κ3) is 3.77. The van der Waals surface area contributed by atoms with E-state index in [0.717, 1.165) is 17.5 Å². The van der Waals surface area contributed by atoms with Crippen molar-refractivity contribution in [2.24, 2.45) is 5.92 Å². The smallest absolute Gasteiger partial charge is 0.251 e. The molecule has 0 radical (unpaired) electrons. The average molecular weight is 389 g/mol. The van der Waals surface area contributed by atoms with Crippen LogP contribution in [-0.2, 0) is 17.8 Å². The van der Waals surface area contributed by atoms with E-state index in [4.69, 9.17) is 0 Å². The number of nitrogens with zero attached hydrogens (tertiary/aromatic N) is 1. The molecule has 3 aromatic rings. The highest BCUT2D eigenvalue weighted by Crippen LogP contribution is 2.28. The lowest BCUT2D eigenvalue weighted by molar-refractivity contribution is -0.135. The Morgan fingerprint density at radius 3 is 2.66 bits per heavy atom. The van der Waals surface area contributed by atoms with E-state index in [-0.39, 0.29) is 17.7 Å². The number of rotatable bonds is 4. The summed E-state index contributed by atoms with van der Waals surface area (Å²) in [4.78, 5) is 31.4. The van der Waals surface area contributed by atoms with Gasteiger partial charge in [0.25, 0.3) is 5.91 Å². The summed E-state index contributed by atoms with van der Waals surface area (Å²) in [5, 5.41) is 4.15. The minimum atomic E-state index is -0.547. The van der Waals surface area contributed by atoms with Crippen LogP contribution in [0.3, 0.4) is 0 Å². The lowest BCUT2D eigenvalue weighted by atomic mass is 9.99. The fourth-order valence-electron chi connectivity index (χ4n) is 4.08. The molecule has 1 aliphatic heterocycles. The topological polar surface area (TPSA) is 65.2 Å². The van der Waals surface area contributed by atoms with Gasteiger partial charge in [0.1, 0.15) is 6.04 Å². The van der Waals surface area contributed by atoms with Crippen LogP contribution in [0.2, 0.25) is 0 Å². The van der Waals surface area contributed by atoms with Crippen molar-refractivity contribution in [1.29, 1.82) is 0 Å². The molecule has 1 aliphatic rings. The lowest BCUT2D eigenvalue weighted by Gasteiger charge is -2.32. The molecule has 0 fully saturated rings. The molecule has 5 heteroatoms. The molecule has 1 aromatic heterocycles. The molecule has 150 valence electrons. The highest BCUT2D eigenvalue weighted by Gasteiger charge is 2.32. The number of benzene rings is 2. The van der Waals surface area contributed by atoms with Gasteiger partial charge in [0.05, 0.1) is 0 Å². The molecule has 5 nitrogen and oxygen atoms in total. The molecule has 2 heterocycles. The number of para-hydroxylation sites is 1. The molecular formula is C24H27N3O2. The number of aryl methyl sites for hydroxylation is 1. The summed E-state index contributed by atoms with van der Waals surface area (Å²) in [5.74, 6) is -0.219. The van der Waals surface area contributed by atoms with Crippen molar-refractivity contribution in [1.82, 2.24) is 15.2 Å². The van der Waals surface area contributed by atoms with Gasteiger partial charge in [0, 0.05) is 47.2 Å². The van der Waals surface area contributed by atoms with E-state index < -0.39 is 6.04 Å². The van der Waals surface area contributed by atoms with E-state index in [0.29, 0.717) is 18.7 Å². The summed E-state index contributed by atoms with van der Waals surface area (Å²) >= 11 is 0. The summed E-state index contributed by atoms with van der Waals surface area (Å²) in [6, 6.07) is 15.1. The number of hydrogen-bond donors (Lipinski definition) is 2. The second-order valence-corrected chi connectivity index (χ2v) is 8.20.